The molecule has 2 fully saturated rings. The molecule has 0 bridgehead atoms. The van der Waals surface area contributed by atoms with Crippen LogP contribution in [0.4, 0.5) is 0 Å². The third kappa shape index (κ3) is 2.71. The minimum Gasteiger partial charge on any atom is -0.480 e. The van der Waals surface area contributed by atoms with Crippen LogP contribution in [-0.2, 0) is 14.4 Å². The van der Waals surface area contributed by atoms with E-state index < -0.39 is 12.0 Å². The van der Waals surface area contributed by atoms with E-state index in [-0.39, 0.29) is 21.9 Å². The van der Waals surface area contributed by atoms with E-state index in [9.17, 15) is 14.4 Å². The van der Waals surface area contributed by atoms with E-state index in [0.717, 1.165) is 0 Å². The first-order chi connectivity index (χ1) is 7.66. The number of rotatable bonds is 1. The van der Waals surface area contributed by atoms with E-state index in [2.05, 4.69) is 5.73 Å². The van der Waals surface area contributed by atoms with E-state index in [4.69, 9.17) is 5.11 Å². The van der Waals surface area contributed by atoms with Crippen LogP contribution in [0.1, 0.15) is 27.2 Å². The second kappa shape index (κ2) is 4.56. The number of nitrogens with two attached hydrogens (primary N) is 1. The summed E-state index contributed by atoms with van der Waals surface area (Å²) in [6.07, 6.45) is 0.498. The van der Waals surface area contributed by atoms with E-state index in [1.165, 1.54) is 11.8 Å². The van der Waals surface area contributed by atoms with Crippen LogP contribution in [0.25, 0.3) is 0 Å². The molecule has 0 aromatic rings. The molecule has 0 unspecified atom stereocenters. The number of β-lactam (4-membered cyclic amide) rings is 1. The smallest absolute Gasteiger partial charge is 0.327 e. The SMILES string of the molecule is CC(N)=O.CC1(C)S[C@@H]2CC(=O)N2[C@H]1C(=O)O. The zero-order valence-corrected chi connectivity index (χ0v) is 10.8. The standard InChI is InChI=1S/C8H11NO3S.C2H5NO/c1-8(2)6(7(11)12)9-4(10)3-5(9)13-8;1-2(3)4/h5-6H,3H2,1-2H3,(H,11,12);1H3,(H2,3,4)/t5-,6+;/m1./s1. The first kappa shape index (κ1) is 13.8. The highest BCUT2D eigenvalue weighted by Crippen LogP contribution is 2.50. The summed E-state index contributed by atoms with van der Waals surface area (Å²) in [6.45, 7) is 5.06. The Morgan fingerprint density at radius 2 is 2.00 bits per heavy atom. The molecule has 0 radical (unpaired) electrons. The molecule has 3 N–H and O–H groups in total. The molecular weight excluding hydrogens is 244 g/mol. The van der Waals surface area contributed by atoms with Crippen molar-refractivity contribution in [1.29, 1.82) is 0 Å². The van der Waals surface area contributed by atoms with Gasteiger partial charge in [0, 0.05) is 11.7 Å². The molecule has 2 amide bonds. The van der Waals surface area contributed by atoms with Gasteiger partial charge in [-0.15, -0.1) is 11.8 Å². The lowest BCUT2D eigenvalue weighted by Crippen LogP contribution is -2.56. The normalized spacial score (nSPS) is 28.6. The highest BCUT2D eigenvalue weighted by molar-refractivity contribution is 8.01. The van der Waals surface area contributed by atoms with Gasteiger partial charge in [-0.25, -0.2) is 4.79 Å². The first-order valence-electron chi connectivity index (χ1n) is 5.14. The molecule has 2 atom stereocenters. The van der Waals surface area contributed by atoms with Crippen LogP contribution in [0, 0.1) is 0 Å². The van der Waals surface area contributed by atoms with Crippen molar-refractivity contribution < 1.29 is 19.5 Å². The van der Waals surface area contributed by atoms with Gasteiger partial charge in [0.05, 0.1) is 11.8 Å². The van der Waals surface area contributed by atoms with Gasteiger partial charge in [0.25, 0.3) is 0 Å². The number of primary amides is 1. The first-order valence-corrected chi connectivity index (χ1v) is 6.02. The van der Waals surface area contributed by atoms with E-state index in [1.54, 1.807) is 11.8 Å². The Bertz CT molecular complexity index is 365. The molecule has 7 heteroatoms. The maximum absolute atomic E-state index is 11.2. The Labute approximate surface area is 104 Å². The van der Waals surface area contributed by atoms with Gasteiger partial charge in [0.1, 0.15) is 6.04 Å². The van der Waals surface area contributed by atoms with Gasteiger partial charge in [0.15, 0.2) is 0 Å². The molecule has 2 rings (SSSR count). The lowest BCUT2D eigenvalue weighted by atomic mass is 9.98. The molecule has 2 heterocycles. The van der Waals surface area contributed by atoms with Crippen molar-refractivity contribution in [2.75, 3.05) is 0 Å². The molecule has 0 spiro atoms. The highest BCUT2D eigenvalue weighted by atomic mass is 32.2. The van der Waals surface area contributed by atoms with Crippen molar-refractivity contribution in [3.8, 4) is 0 Å². The topological polar surface area (TPSA) is 101 Å². The fourth-order valence-electron chi connectivity index (χ4n) is 1.98. The minimum absolute atomic E-state index is 0.0320. The summed E-state index contributed by atoms with van der Waals surface area (Å²) in [5.41, 5.74) is 4.47. The molecule has 0 aliphatic carbocycles. The lowest BCUT2D eigenvalue weighted by molar-refractivity contribution is -0.157. The fraction of sp³-hybridized carbons (Fsp3) is 0.700. The van der Waals surface area contributed by atoms with Crippen LogP contribution in [0.3, 0.4) is 0 Å². The maximum Gasteiger partial charge on any atom is 0.327 e. The summed E-state index contributed by atoms with van der Waals surface area (Å²) in [5, 5.41) is 9.08. The average Bonchev–Trinajstić information content (AvgIpc) is 2.32. The molecule has 2 saturated heterocycles. The zero-order chi connectivity index (χ0) is 13.4. The van der Waals surface area contributed by atoms with Crippen LogP contribution in [-0.4, -0.2) is 44.0 Å². The Morgan fingerprint density at radius 1 is 1.53 bits per heavy atom. The highest BCUT2D eigenvalue weighted by Gasteiger charge is 2.58. The molecule has 17 heavy (non-hydrogen) atoms. The number of hydrogen-bond donors (Lipinski definition) is 2. The Morgan fingerprint density at radius 3 is 2.29 bits per heavy atom. The Balaban J connectivity index is 0.000000317. The summed E-state index contributed by atoms with van der Waals surface area (Å²) in [4.78, 5) is 32.8. The van der Waals surface area contributed by atoms with E-state index >= 15 is 0 Å². The van der Waals surface area contributed by atoms with Gasteiger partial charge in [-0.2, -0.15) is 0 Å². The zero-order valence-electron chi connectivity index (χ0n) is 9.97. The summed E-state index contributed by atoms with van der Waals surface area (Å²) in [5.74, 6) is -1.26. The van der Waals surface area contributed by atoms with Crippen molar-refractivity contribution in [1.82, 2.24) is 4.90 Å². The number of carbonyl (C=O) groups excluding carboxylic acids is 2. The molecule has 0 aromatic heterocycles. The predicted molar refractivity (Wildman–Crippen MR) is 63.2 cm³/mol. The fourth-order valence-corrected chi connectivity index (χ4v) is 3.60. The van der Waals surface area contributed by atoms with Gasteiger partial charge in [-0.05, 0) is 13.8 Å². The quantitative estimate of drug-likeness (QED) is 0.647. The minimum atomic E-state index is -0.895. The predicted octanol–water partition coefficient (Wildman–Crippen LogP) is 0.0150. The maximum atomic E-state index is 11.2. The number of amides is 2. The number of hydrogen-bond acceptors (Lipinski definition) is 4. The van der Waals surface area contributed by atoms with Crippen LogP contribution < -0.4 is 5.73 Å². The second-order valence-electron chi connectivity index (χ2n) is 4.53. The second-order valence-corrected chi connectivity index (χ2v) is 6.36. The molecule has 0 saturated carbocycles. The molecular formula is C10H16N2O4S. The summed E-state index contributed by atoms with van der Waals surface area (Å²) in [7, 11) is 0. The van der Waals surface area contributed by atoms with Gasteiger partial charge in [-0.1, -0.05) is 0 Å². The Hall–Kier alpha value is -1.24. The van der Waals surface area contributed by atoms with Gasteiger partial charge in [-0.3, -0.25) is 9.59 Å². The largest absolute Gasteiger partial charge is 0.480 e. The average molecular weight is 260 g/mol. The number of carboxylic acid groups (broad SMARTS) is 1. The van der Waals surface area contributed by atoms with Gasteiger partial charge >= 0.3 is 5.97 Å². The molecule has 0 aromatic carbocycles. The number of carbonyl (C=O) groups is 3. The van der Waals surface area contributed by atoms with E-state index in [1.807, 2.05) is 13.8 Å². The number of thioether (sulfide) groups is 1. The lowest BCUT2D eigenvalue weighted by Gasteiger charge is -2.36. The number of aliphatic carboxylic acids is 1. The van der Waals surface area contributed by atoms with Crippen LogP contribution >= 0.6 is 11.8 Å². The van der Waals surface area contributed by atoms with Gasteiger partial charge in [0.2, 0.25) is 11.8 Å². The summed E-state index contributed by atoms with van der Waals surface area (Å²) < 4.78 is -0.358. The van der Waals surface area contributed by atoms with Crippen molar-refractivity contribution in [3.63, 3.8) is 0 Å². The molecule has 2 aliphatic rings. The van der Waals surface area contributed by atoms with Gasteiger partial charge < -0.3 is 15.7 Å². The third-order valence-electron chi connectivity index (χ3n) is 2.56. The summed E-state index contributed by atoms with van der Waals surface area (Å²) in [6, 6.07) is -0.649. The molecule has 6 nitrogen and oxygen atoms in total. The van der Waals surface area contributed by atoms with E-state index in [0.29, 0.717) is 6.42 Å². The van der Waals surface area contributed by atoms with Crippen LogP contribution in [0.2, 0.25) is 0 Å². The number of carboxylic acids is 1. The molecule has 96 valence electrons. The monoisotopic (exact) mass is 260 g/mol. The van der Waals surface area contributed by atoms with Crippen molar-refractivity contribution in [2.24, 2.45) is 5.73 Å². The molecule has 2 aliphatic heterocycles. The third-order valence-corrected chi connectivity index (χ3v) is 4.05. The number of nitrogens with zero attached hydrogens (tertiary/aromatic N) is 1. The van der Waals surface area contributed by atoms with Crippen LogP contribution in [0.15, 0.2) is 0 Å². The van der Waals surface area contributed by atoms with Crippen molar-refractivity contribution >= 4 is 29.5 Å². The summed E-state index contributed by atoms with van der Waals surface area (Å²) >= 11 is 1.58. The van der Waals surface area contributed by atoms with Crippen LogP contribution in [0.5, 0.6) is 0 Å². The Kier molecular flexibility index (Phi) is 3.71. The van der Waals surface area contributed by atoms with Crippen molar-refractivity contribution in [3.05, 3.63) is 0 Å². The number of fused-ring (bicyclic) bond motifs is 1. The van der Waals surface area contributed by atoms with Crippen molar-refractivity contribution in [2.45, 2.75) is 43.4 Å².